The van der Waals surface area contributed by atoms with E-state index in [9.17, 15) is 14.0 Å². The van der Waals surface area contributed by atoms with Crippen molar-refractivity contribution in [1.29, 1.82) is 0 Å². The summed E-state index contributed by atoms with van der Waals surface area (Å²) in [6, 6.07) is 14.6. The number of aromatic nitrogens is 3. The summed E-state index contributed by atoms with van der Waals surface area (Å²) in [7, 11) is 0. The molecule has 0 unspecified atom stereocenters. The molecule has 1 fully saturated rings. The van der Waals surface area contributed by atoms with E-state index in [1.807, 2.05) is 0 Å². The fraction of sp³-hybridized carbons (Fsp3) is 0.250. The third kappa shape index (κ3) is 5.34. The van der Waals surface area contributed by atoms with E-state index < -0.39 is 5.82 Å². The van der Waals surface area contributed by atoms with Gasteiger partial charge < -0.3 is 9.64 Å². The van der Waals surface area contributed by atoms with E-state index >= 15 is 0 Å². The van der Waals surface area contributed by atoms with E-state index in [0.717, 1.165) is 0 Å². The fourth-order valence-corrected chi connectivity index (χ4v) is 4.91. The summed E-state index contributed by atoms with van der Waals surface area (Å²) in [5, 5.41) is 5.26. The van der Waals surface area contributed by atoms with Gasteiger partial charge in [0.1, 0.15) is 11.6 Å². The molecule has 0 N–H and O–H groups in total. The number of rotatable bonds is 6. The number of hydrogen-bond donors (Lipinski definition) is 0. The first-order chi connectivity index (χ1) is 17.0. The van der Waals surface area contributed by atoms with Crippen LogP contribution in [0.25, 0.3) is 15.5 Å². The molecule has 11 heteroatoms. The Hall–Kier alpha value is -3.34. The number of ether oxygens (including phenoxy) is 1. The lowest BCUT2D eigenvalue weighted by Crippen LogP contribution is -2.49. The first-order valence-corrected chi connectivity index (χ1v) is 12.2. The molecule has 3 heterocycles. The van der Waals surface area contributed by atoms with Crippen molar-refractivity contribution in [3.05, 3.63) is 81.5 Å². The fourth-order valence-electron chi connectivity index (χ4n) is 3.83. The molecule has 1 aliphatic rings. The van der Waals surface area contributed by atoms with Crippen LogP contribution in [0.5, 0.6) is 5.75 Å². The number of carbonyl (C=O) groups is 1. The maximum Gasteiger partial charge on any atom is 0.275 e. The van der Waals surface area contributed by atoms with Crippen LogP contribution < -0.4 is 10.3 Å². The number of halogens is 2. The molecule has 0 aliphatic carbocycles. The molecule has 1 saturated heterocycles. The predicted molar refractivity (Wildman–Crippen MR) is 131 cm³/mol. The van der Waals surface area contributed by atoms with Crippen LogP contribution in [0.1, 0.15) is 5.69 Å². The first-order valence-electron chi connectivity index (χ1n) is 11.0. The Morgan fingerprint density at radius 3 is 2.57 bits per heavy atom. The number of piperazine rings is 1. The van der Waals surface area contributed by atoms with Crippen LogP contribution in [-0.2, 0) is 11.3 Å². The molecule has 0 bridgehead atoms. The van der Waals surface area contributed by atoms with Gasteiger partial charge in [-0.05, 0) is 36.4 Å². The van der Waals surface area contributed by atoms with Gasteiger partial charge in [0.25, 0.3) is 11.5 Å². The van der Waals surface area contributed by atoms with Gasteiger partial charge in [-0.1, -0.05) is 35.1 Å². The van der Waals surface area contributed by atoms with Crippen molar-refractivity contribution in [2.45, 2.75) is 6.54 Å². The van der Waals surface area contributed by atoms with Crippen LogP contribution in [0, 0.1) is 5.82 Å². The highest BCUT2D eigenvalue weighted by atomic mass is 35.5. The Morgan fingerprint density at radius 2 is 1.83 bits per heavy atom. The van der Waals surface area contributed by atoms with E-state index in [1.54, 1.807) is 47.4 Å². The lowest BCUT2D eigenvalue weighted by molar-refractivity contribution is -0.135. The Bertz CT molecular complexity index is 1420. The molecule has 180 valence electrons. The number of nitrogens with zero attached hydrogens (tertiary/aromatic N) is 5. The van der Waals surface area contributed by atoms with E-state index in [2.05, 4.69) is 15.0 Å². The number of benzene rings is 2. The summed E-state index contributed by atoms with van der Waals surface area (Å²) in [6.45, 7) is 2.85. The van der Waals surface area contributed by atoms with Crippen LogP contribution >= 0.6 is 22.9 Å². The van der Waals surface area contributed by atoms with Crippen LogP contribution in [0.4, 0.5) is 4.39 Å². The zero-order valence-corrected chi connectivity index (χ0v) is 20.1. The molecule has 2 aromatic heterocycles. The molecule has 1 aliphatic heterocycles. The van der Waals surface area contributed by atoms with Crippen molar-refractivity contribution >= 4 is 33.8 Å². The highest BCUT2D eigenvalue weighted by molar-refractivity contribution is 7.19. The molecule has 0 atom stereocenters. The van der Waals surface area contributed by atoms with Gasteiger partial charge in [-0.15, -0.1) is 0 Å². The van der Waals surface area contributed by atoms with E-state index in [-0.39, 0.29) is 18.1 Å². The van der Waals surface area contributed by atoms with E-state index in [1.165, 1.54) is 28.0 Å². The van der Waals surface area contributed by atoms with Gasteiger partial charge in [-0.3, -0.25) is 14.5 Å². The van der Waals surface area contributed by atoms with Gasteiger partial charge in [-0.25, -0.2) is 9.37 Å². The average Bonchev–Trinajstić information content (AvgIpc) is 3.29. The Labute approximate surface area is 209 Å². The van der Waals surface area contributed by atoms with Gasteiger partial charge in [0.05, 0.1) is 5.69 Å². The molecule has 1 amide bonds. The van der Waals surface area contributed by atoms with Crippen molar-refractivity contribution in [2.75, 3.05) is 32.8 Å². The monoisotopic (exact) mass is 513 g/mol. The lowest BCUT2D eigenvalue weighted by Gasteiger charge is -2.34. The summed E-state index contributed by atoms with van der Waals surface area (Å²) < 4.78 is 20.9. The van der Waals surface area contributed by atoms with E-state index in [4.69, 9.17) is 16.3 Å². The summed E-state index contributed by atoms with van der Waals surface area (Å²) in [6.07, 6.45) is 0. The molecule has 0 saturated carbocycles. The zero-order valence-electron chi connectivity index (χ0n) is 18.6. The molecule has 0 spiro atoms. The molecule has 5 rings (SSSR count). The summed E-state index contributed by atoms with van der Waals surface area (Å²) in [5.41, 5.74) is 0.645. The first kappa shape index (κ1) is 23.4. The average molecular weight is 514 g/mol. The topological polar surface area (TPSA) is 80.0 Å². The van der Waals surface area contributed by atoms with Crippen molar-refractivity contribution < 1.29 is 13.9 Å². The maximum absolute atomic E-state index is 14.1. The smallest absolute Gasteiger partial charge is 0.275 e. The minimum atomic E-state index is -0.397. The predicted octanol–water partition coefficient (Wildman–Crippen LogP) is 3.33. The van der Waals surface area contributed by atoms with Gasteiger partial charge in [-0.2, -0.15) is 9.61 Å². The van der Waals surface area contributed by atoms with Crippen LogP contribution in [0.2, 0.25) is 5.02 Å². The van der Waals surface area contributed by atoms with Gasteiger partial charge in [0.15, 0.2) is 11.6 Å². The largest absolute Gasteiger partial charge is 0.484 e. The van der Waals surface area contributed by atoms with Crippen LogP contribution in [-0.4, -0.2) is 63.1 Å². The van der Waals surface area contributed by atoms with Crippen molar-refractivity contribution in [2.24, 2.45) is 0 Å². The van der Waals surface area contributed by atoms with E-state index in [0.29, 0.717) is 64.7 Å². The minimum absolute atomic E-state index is 0.0354. The number of hydrogen-bond acceptors (Lipinski definition) is 7. The Balaban J connectivity index is 1.19. The van der Waals surface area contributed by atoms with Crippen molar-refractivity contribution in [1.82, 2.24) is 24.4 Å². The quantitative estimate of drug-likeness (QED) is 0.393. The van der Waals surface area contributed by atoms with Crippen LogP contribution in [0.3, 0.4) is 0 Å². The molecule has 2 aromatic carbocycles. The van der Waals surface area contributed by atoms with Crippen LogP contribution in [0.15, 0.2) is 59.4 Å². The third-order valence-electron chi connectivity index (χ3n) is 5.69. The standard InChI is InChI=1S/C24H21ClFN5O3S/c25-16-5-7-18(8-6-16)34-15-22(33)30-11-9-29(10-12-30)14-17-13-21(32)31-24(27-17)35-23(28-31)19-3-1-2-4-20(19)26/h1-8,13H,9-12,14-15H2. The maximum atomic E-state index is 14.1. The summed E-state index contributed by atoms with van der Waals surface area (Å²) in [5.74, 6) is 0.115. The molecule has 4 aromatic rings. The highest BCUT2D eigenvalue weighted by Gasteiger charge is 2.22. The second kappa shape index (κ2) is 10.1. The summed E-state index contributed by atoms with van der Waals surface area (Å²) in [4.78, 5) is 34.0. The molecule has 8 nitrogen and oxygen atoms in total. The zero-order chi connectivity index (χ0) is 24.4. The number of fused-ring (bicyclic) bond motifs is 1. The van der Waals surface area contributed by atoms with Crippen molar-refractivity contribution in [3.63, 3.8) is 0 Å². The molecule has 0 radical (unpaired) electrons. The molecular weight excluding hydrogens is 493 g/mol. The Morgan fingerprint density at radius 1 is 1.09 bits per heavy atom. The van der Waals surface area contributed by atoms with Crippen molar-refractivity contribution in [3.8, 4) is 16.3 Å². The van der Waals surface area contributed by atoms with Gasteiger partial charge in [0, 0.05) is 49.4 Å². The van der Waals surface area contributed by atoms with Gasteiger partial charge >= 0.3 is 0 Å². The molecule has 35 heavy (non-hydrogen) atoms. The Kier molecular flexibility index (Phi) is 6.76. The third-order valence-corrected chi connectivity index (χ3v) is 6.88. The number of amides is 1. The second-order valence-corrected chi connectivity index (χ2v) is 9.46. The van der Waals surface area contributed by atoms with Gasteiger partial charge in [0.2, 0.25) is 4.96 Å². The highest BCUT2D eigenvalue weighted by Crippen LogP contribution is 2.26. The lowest BCUT2D eigenvalue weighted by atomic mass is 10.2. The second-order valence-electron chi connectivity index (χ2n) is 8.07. The minimum Gasteiger partial charge on any atom is -0.484 e. The number of carbonyl (C=O) groups excluding carboxylic acids is 1. The SMILES string of the molecule is O=C(COc1ccc(Cl)cc1)N1CCN(Cc2cc(=O)n3nc(-c4ccccc4F)sc3n2)CC1. The molecular formula is C24H21ClFN5O3S. The summed E-state index contributed by atoms with van der Waals surface area (Å²) >= 11 is 7.03. The normalized spacial score (nSPS) is 14.4.